The molecular formula is C8H6F5N. The van der Waals surface area contributed by atoms with Crippen molar-refractivity contribution in [2.45, 2.75) is 12.6 Å². The second kappa shape index (κ2) is 3.43. The van der Waals surface area contributed by atoms with Gasteiger partial charge in [-0.25, -0.2) is 8.78 Å². The summed E-state index contributed by atoms with van der Waals surface area (Å²) in [5.41, 5.74) is 2.85. The van der Waals surface area contributed by atoms with E-state index in [4.69, 9.17) is 5.73 Å². The highest BCUT2D eigenvalue weighted by molar-refractivity contribution is 5.45. The SMILES string of the molecule is Nc1cc(C(F)F)cc(C(F)(F)F)c1. The number of hydrogen-bond acceptors (Lipinski definition) is 1. The van der Waals surface area contributed by atoms with Gasteiger partial charge in [-0.15, -0.1) is 0 Å². The number of nitrogen functional groups attached to an aromatic ring is 1. The zero-order valence-corrected chi connectivity index (χ0v) is 6.78. The lowest BCUT2D eigenvalue weighted by Crippen LogP contribution is -2.06. The Labute approximate surface area is 76.3 Å². The van der Waals surface area contributed by atoms with Gasteiger partial charge in [-0.1, -0.05) is 0 Å². The number of nitrogens with two attached hydrogens (primary N) is 1. The van der Waals surface area contributed by atoms with Crippen molar-refractivity contribution >= 4 is 5.69 Å². The first-order valence-corrected chi connectivity index (χ1v) is 3.56. The Morgan fingerprint density at radius 1 is 1.07 bits per heavy atom. The summed E-state index contributed by atoms with van der Waals surface area (Å²) in [6.07, 6.45) is -7.61. The summed E-state index contributed by atoms with van der Waals surface area (Å²) in [5.74, 6) is 0. The topological polar surface area (TPSA) is 26.0 Å². The van der Waals surface area contributed by atoms with Crippen LogP contribution in [0, 0.1) is 0 Å². The Hall–Kier alpha value is -1.33. The summed E-state index contributed by atoms with van der Waals surface area (Å²) in [4.78, 5) is 0. The number of anilines is 1. The van der Waals surface area contributed by atoms with E-state index in [1.54, 1.807) is 0 Å². The Kier molecular flexibility index (Phi) is 2.64. The van der Waals surface area contributed by atoms with Gasteiger partial charge in [-0.05, 0) is 18.2 Å². The van der Waals surface area contributed by atoms with Crippen LogP contribution in [0.4, 0.5) is 27.6 Å². The molecule has 0 aliphatic carbocycles. The fourth-order valence-electron chi connectivity index (χ4n) is 0.966. The zero-order chi connectivity index (χ0) is 10.9. The summed E-state index contributed by atoms with van der Waals surface area (Å²) in [6, 6.07) is 1.83. The minimum absolute atomic E-state index is 0.324. The van der Waals surface area contributed by atoms with Crippen molar-refractivity contribution in [2.24, 2.45) is 0 Å². The molecule has 0 saturated heterocycles. The fraction of sp³-hybridized carbons (Fsp3) is 0.250. The minimum Gasteiger partial charge on any atom is -0.399 e. The van der Waals surface area contributed by atoms with Crippen molar-refractivity contribution in [1.29, 1.82) is 0 Å². The van der Waals surface area contributed by atoms with Gasteiger partial charge in [0.25, 0.3) is 6.43 Å². The maximum Gasteiger partial charge on any atom is 0.416 e. The van der Waals surface area contributed by atoms with E-state index in [-0.39, 0.29) is 5.69 Å². The number of halogens is 5. The molecule has 2 N–H and O–H groups in total. The summed E-state index contributed by atoms with van der Waals surface area (Å²) >= 11 is 0. The number of hydrogen-bond donors (Lipinski definition) is 1. The van der Waals surface area contributed by atoms with E-state index in [0.717, 1.165) is 6.07 Å². The van der Waals surface area contributed by atoms with Crippen LogP contribution in [0.1, 0.15) is 17.6 Å². The summed E-state index contributed by atoms with van der Waals surface area (Å²) < 4.78 is 60.5. The molecule has 0 heterocycles. The Balaban J connectivity index is 3.21. The molecule has 1 aromatic rings. The van der Waals surface area contributed by atoms with Crippen LogP contribution in [0.3, 0.4) is 0 Å². The molecule has 0 amide bonds. The minimum atomic E-state index is -4.65. The monoisotopic (exact) mass is 211 g/mol. The van der Waals surface area contributed by atoms with Crippen LogP contribution in [0.2, 0.25) is 0 Å². The lowest BCUT2D eigenvalue weighted by atomic mass is 10.1. The molecular weight excluding hydrogens is 205 g/mol. The molecule has 1 aromatic carbocycles. The Morgan fingerprint density at radius 2 is 1.64 bits per heavy atom. The zero-order valence-electron chi connectivity index (χ0n) is 6.78. The normalized spacial score (nSPS) is 12.1. The van der Waals surface area contributed by atoms with E-state index in [0.29, 0.717) is 12.1 Å². The molecule has 0 radical (unpaired) electrons. The number of rotatable bonds is 1. The molecule has 0 saturated carbocycles. The van der Waals surface area contributed by atoms with Crippen LogP contribution < -0.4 is 5.73 Å². The van der Waals surface area contributed by atoms with Gasteiger partial charge in [0, 0.05) is 11.3 Å². The lowest BCUT2D eigenvalue weighted by molar-refractivity contribution is -0.137. The van der Waals surface area contributed by atoms with Crippen LogP contribution in [-0.2, 0) is 6.18 Å². The third-order valence-corrected chi connectivity index (χ3v) is 1.56. The largest absolute Gasteiger partial charge is 0.416 e. The lowest BCUT2D eigenvalue weighted by Gasteiger charge is -2.09. The molecule has 0 unspecified atom stereocenters. The van der Waals surface area contributed by atoms with Gasteiger partial charge in [0.1, 0.15) is 0 Å². The van der Waals surface area contributed by atoms with E-state index in [1.165, 1.54) is 0 Å². The van der Waals surface area contributed by atoms with Crippen molar-refractivity contribution in [3.63, 3.8) is 0 Å². The average molecular weight is 211 g/mol. The molecule has 1 nitrogen and oxygen atoms in total. The van der Waals surface area contributed by atoms with Gasteiger partial charge < -0.3 is 5.73 Å². The van der Waals surface area contributed by atoms with Crippen molar-refractivity contribution in [3.8, 4) is 0 Å². The standard InChI is InChI=1S/C8H6F5N/c9-7(10)4-1-5(8(11,12)13)3-6(14)2-4/h1-3,7H,14H2. The summed E-state index contributed by atoms with van der Waals surface area (Å²) in [7, 11) is 0. The molecule has 78 valence electrons. The van der Waals surface area contributed by atoms with Crippen molar-refractivity contribution < 1.29 is 22.0 Å². The first-order valence-electron chi connectivity index (χ1n) is 3.56. The van der Waals surface area contributed by atoms with E-state index < -0.39 is 23.7 Å². The first-order chi connectivity index (χ1) is 6.30. The first kappa shape index (κ1) is 10.7. The molecule has 0 fully saturated rings. The van der Waals surface area contributed by atoms with E-state index >= 15 is 0 Å². The summed E-state index contributed by atoms with van der Waals surface area (Å²) in [5, 5.41) is 0. The summed E-state index contributed by atoms with van der Waals surface area (Å²) in [6.45, 7) is 0. The third-order valence-electron chi connectivity index (χ3n) is 1.56. The van der Waals surface area contributed by atoms with Gasteiger partial charge in [0.05, 0.1) is 5.56 Å². The van der Waals surface area contributed by atoms with Crippen LogP contribution in [0.25, 0.3) is 0 Å². The fourth-order valence-corrected chi connectivity index (χ4v) is 0.966. The highest BCUT2D eigenvalue weighted by Crippen LogP contribution is 2.33. The van der Waals surface area contributed by atoms with Crippen molar-refractivity contribution in [3.05, 3.63) is 29.3 Å². The van der Waals surface area contributed by atoms with E-state index in [2.05, 4.69) is 0 Å². The van der Waals surface area contributed by atoms with Crippen LogP contribution >= 0.6 is 0 Å². The smallest absolute Gasteiger partial charge is 0.399 e. The van der Waals surface area contributed by atoms with Crippen LogP contribution in [0.15, 0.2) is 18.2 Å². The van der Waals surface area contributed by atoms with Gasteiger partial charge >= 0.3 is 6.18 Å². The molecule has 0 bridgehead atoms. The average Bonchev–Trinajstić information content (AvgIpc) is 2.01. The maximum absolute atomic E-state index is 12.1. The molecule has 0 aromatic heterocycles. The molecule has 0 aliphatic heterocycles. The Bertz CT molecular complexity index is 331. The Morgan fingerprint density at radius 3 is 2.07 bits per heavy atom. The van der Waals surface area contributed by atoms with Crippen LogP contribution in [0.5, 0.6) is 0 Å². The predicted octanol–water partition coefficient (Wildman–Crippen LogP) is 3.23. The van der Waals surface area contributed by atoms with E-state index in [9.17, 15) is 22.0 Å². The van der Waals surface area contributed by atoms with Gasteiger partial charge in [0.15, 0.2) is 0 Å². The highest BCUT2D eigenvalue weighted by Gasteiger charge is 2.31. The van der Waals surface area contributed by atoms with Gasteiger partial charge in [0.2, 0.25) is 0 Å². The molecule has 6 heteroatoms. The molecule has 14 heavy (non-hydrogen) atoms. The van der Waals surface area contributed by atoms with Gasteiger partial charge in [-0.2, -0.15) is 13.2 Å². The van der Waals surface area contributed by atoms with E-state index in [1.807, 2.05) is 0 Å². The van der Waals surface area contributed by atoms with Crippen molar-refractivity contribution in [1.82, 2.24) is 0 Å². The quantitative estimate of drug-likeness (QED) is 0.560. The third kappa shape index (κ3) is 2.34. The number of alkyl halides is 5. The molecule has 1 rings (SSSR count). The number of benzene rings is 1. The predicted molar refractivity (Wildman–Crippen MR) is 40.8 cm³/mol. The molecule has 0 spiro atoms. The van der Waals surface area contributed by atoms with Crippen LogP contribution in [-0.4, -0.2) is 0 Å². The molecule has 0 atom stereocenters. The second-order valence-corrected chi connectivity index (χ2v) is 2.69. The van der Waals surface area contributed by atoms with Gasteiger partial charge in [-0.3, -0.25) is 0 Å². The highest BCUT2D eigenvalue weighted by atomic mass is 19.4. The molecule has 0 aliphatic rings. The second-order valence-electron chi connectivity index (χ2n) is 2.69. The maximum atomic E-state index is 12.1. The van der Waals surface area contributed by atoms with Crippen molar-refractivity contribution in [2.75, 3.05) is 5.73 Å².